The second-order valence-electron chi connectivity index (χ2n) is 4.72. The Bertz CT molecular complexity index is 601. The van der Waals surface area contributed by atoms with Gasteiger partial charge < -0.3 is 9.84 Å². The van der Waals surface area contributed by atoms with Gasteiger partial charge in [0.25, 0.3) is 0 Å². The van der Waals surface area contributed by atoms with Gasteiger partial charge in [-0.1, -0.05) is 16.8 Å². The third-order valence-electron chi connectivity index (χ3n) is 3.46. The van der Waals surface area contributed by atoms with Gasteiger partial charge in [-0.15, -0.1) is 0 Å². The van der Waals surface area contributed by atoms with E-state index in [9.17, 15) is 4.39 Å². The van der Waals surface area contributed by atoms with Crippen molar-refractivity contribution in [2.75, 3.05) is 6.54 Å². The van der Waals surface area contributed by atoms with Crippen LogP contribution in [0.5, 0.6) is 0 Å². The molecule has 2 heterocycles. The molecule has 0 aliphatic carbocycles. The van der Waals surface area contributed by atoms with Crippen LogP contribution in [0, 0.1) is 5.82 Å². The predicted octanol–water partition coefficient (Wildman–Crippen LogP) is 2.99. The van der Waals surface area contributed by atoms with E-state index in [0.29, 0.717) is 23.3 Å². The van der Waals surface area contributed by atoms with Crippen molar-refractivity contribution in [3.05, 3.63) is 34.9 Å². The molecular formula is C13H13ClFN3O. The molecule has 1 saturated heterocycles. The first-order valence-electron chi connectivity index (χ1n) is 6.17. The van der Waals surface area contributed by atoms with Crippen LogP contribution in [0.3, 0.4) is 0 Å². The van der Waals surface area contributed by atoms with Crippen LogP contribution in [-0.2, 0) is 0 Å². The zero-order valence-corrected chi connectivity index (χ0v) is 11.1. The van der Waals surface area contributed by atoms with Crippen LogP contribution in [0.2, 0.25) is 5.02 Å². The molecule has 1 aromatic heterocycles. The summed E-state index contributed by atoms with van der Waals surface area (Å²) in [5, 5.41) is 7.33. The van der Waals surface area contributed by atoms with Crippen molar-refractivity contribution >= 4 is 11.6 Å². The summed E-state index contributed by atoms with van der Waals surface area (Å²) < 4.78 is 18.4. The van der Waals surface area contributed by atoms with Crippen LogP contribution in [0.15, 0.2) is 22.7 Å². The second kappa shape index (κ2) is 4.90. The standard InChI is InChI=1S/C13H13ClFN3O/c1-7-9(4-5-16-7)13-17-12(18-19-13)8-2-3-11(15)10(14)6-8/h2-3,6-7,9,16H,4-5H2,1H3. The topological polar surface area (TPSA) is 51.0 Å². The average Bonchev–Trinajstić information content (AvgIpc) is 3.01. The van der Waals surface area contributed by atoms with Gasteiger partial charge in [0, 0.05) is 11.6 Å². The minimum absolute atomic E-state index is 0.0553. The minimum Gasteiger partial charge on any atom is -0.339 e. The highest BCUT2D eigenvalue weighted by Crippen LogP contribution is 2.29. The molecule has 1 fully saturated rings. The third kappa shape index (κ3) is 2.35. The molecule has 3 rings (SSSR count). The highest BCUT2D eigenvalue weighted by molar-refractivity contribution is 6.31. The fourth-order valence-electron chi connectivity index (χ4n) is 2.33. The van der Waals surface area contributed by atoms with Crippen LogP contribution >= 0.6 is 11.6 Å². The number of hydrogen-bond donors (Lipinski definition) is 1. The molecule has 0 radical (unpaired) electrons. The van der Waals surface area contributed by atoms with E-state index in [2.05, 4.69) is 22.4 Å². The van der Waals surface area contributed by atoms with Gasteiger partial charge in [0.1, 0.15) is 5.82 Å². The van der Waals surface area contributed by atoms with Gasteiger partial charge in [-0.25, -0.2) is 4.39 Å². The number of halogens is 2. The van der Waals surface area contributed by atoms with Gasteiger partial charge in [0.2, 0.25) is 11.7 Å². The maximum absolute atomic E-state index is 13.1. The van der Waals surface area contributed by atoms with E-state index >= 15 is 0 Å². The summed E-state index contributed by atoms with van der Waals surface area (Å²) in [5.74, 6) is 0.837. The molecule has 0 saturated carbocycles. The summed E-state index contributed by atoms with van der Waals surface area (Å²) in [6.07, 6.45) is 0.979. The number of nitrogens with zero attached hydrogens (tertiary/aromatic N) is 2. The van der Waals surface area contributed by atoms with Crippen molar-refractivity contribution in [1.82, 2.24) is 15.5 Å². The van der Waals surface area contributed by atoms with Gasteiger partial charge in [-0.2, -0.15) is 4.98 Å². The molecular weight excluding hydrogens is 269 g/mol. The SMILES string of the molecule is CC1NCCC1c1nc(-c2ccc(F)c(Cl)c2)no1. The molecule has 0 spiro atoms. The first-order chi connectivity index (χ1) is 9.15. The van der Waals surface area contributed by atoms with Gasteiger partial charge in [0.15, 0.2) is 0 Å². The van der Waals surface area contributed by atoms with Crippen molar-refractivity contribution < 1.29 is 8.91 Å². The fourth-order valence-corrected chi connectivity index (χ4v) is 2.51. The summed E-state index contributed by atoms with van der Waals surface area (Å²) in [6.45, 7) is 3.04. The molecule has 1 aliphatic rings. The Kier molecular flexibility index (Phi) is 3.24. The second-order valence-corrected chi connectivity index (χ2v) is 5.13. The molecule has 4 nitrogen and oxygen atoms in total. The average molecular weight is 282 g/mol. The van der Waals surface area contributed by atoms with Crippen LogP contribution < -0.4 is 5.32 Å². The van der Waals surface area contributed by atoms with Crippen molar-refractivity contribution in [2.24, 2.45) is 0 Å². The maximum atomic E-state index is 13.1. The number of hydrogen-bond acceptors (Lipinski definition) is 4. The summed E-state index contributed by atoms with van der Waals surface area (Å²) in [7, 11) is 0. The Balaban J connectivity index is 1.90. The Labute approximate surface area is 115 Å². The first kappa shape index (κ1) is 12.6. The zero-order chi connectivity index (χ0) is 13.4. The van der Waals surface area contributed by atoms with Crippen LogP contribution in [0.1, 0.15) is 25.2 Å². The molecule has 2 atom stereocenters. The number of aromatic nitrogens is 2. The summed E-state index contributed by atoms with van der Waals surface area (Å²) in [5.41, 5.74) is 0.653. The third-order valence-corrected chi connectivity index (χ3v) is 3.75. The van der Waals surface area contributed by atoms with Crippen molar-refractivity contribution in [2.45, 2.75) is 25.3 Å². The van der Waals surface area contributed by atoms with E-state index in [1.807, 2.05) is 0 Å². The van der Waals surface area contributed by atoms with Gasteiger partial charge in [-0.05, 0) is 38.1 Å². The molecule has 0 amide bonds. The quantitative estimate of drug-likeness (QED) is 0.919. The molecule has 1 aromatic carbocycles. The first-order valence-corrected chi connectivity index (χ1v) is 6.55. The molecule has 2 aromatic rings. The van der Waals surface area contributed by atoms with E-state index in [0.717, 1.165) is 13.0 Å². The Morgan fingerprint density at radius 3 is 3.00 bits per heavy atom. The summed E-state index contributed by atoms with van der Waals surface area (Å²) >= 11 is 5.75. The van der Waals surface area contributed by atoms with E-state index in [4.69, 9.17) is 16.1 Å². The Morgan fingerprint density at radius 1 is 1.47 bits per heavy atom. The largest absolute Gasteiger partial charge is 0.339 e. The van der Waals surface area contributed by atoms with Gasteiger partial charge >= 0.3 is 0 Å². The van der Waals surface area contributed by atoms with E-state index in [1.165, 1.54) is 12.1 Å². The molecule has 2 unspecified atom stereocenters. The monoisotopic (exact) mass is 281 g/mol. The fraction of sp³-hybridized carbons (Fsp3) is 0.385. The van der Waals surface area contributed by atoms with Crippen LogP contribution in [0.25, 0.3) is 11.4 Å². The lowest BCUT2D eigenvalue weighted by Gasteiger charge is -2.08. The van der Waals surface area contributed by atoms with E-state index < -0.39 is 5.82 Å². The summed E-state index contributed by atoms with van der Waals surface area (Å²) in [6, 6.07) is 4.71. The minimum atomic E-state index is -0.456. The van der Waals surface area contributed by atoms with E-state index in [1.54, 1.807) is 6.07 Å². The van der Waals surface area contributed by atoms with Crippen LogP contribution in [-0.4, -0.2) is 22.7 Å². The number of benzene rings is 1. The smallest absolute Gasteiger partial charge is 0.231 e. The molecule has 0 bridgehead atoms. The van der Waals surface area contributed by atoms with Gasteiger partial charge in [0.05, 0.1) is 10.9 Å². The van der Waals surface area contributed by atoms with Crippen molar-refractivity contribution in [1.29, 1.82) is 0 Å². The normalized spacial score (nSPS) is 22.9. The Morgan fingerprint density at radius 2 is 2.32 bits per heavy atom. The molecule has 1 aliphatic heterocycles. The zero-order valence-electron chi connectivity index (χ0n) is 10.4. The highest BCUT2D eigenvalue weighted by atomic mass is 35.5. The lowest BCUT2D eigenvalue weighted by molar-refractivity contribution is 0.345. The van der Waals surface area contributed by atoms with E-state index in [-0.39, 0.29) is 10.9 Å². The number of rotatable bonds is 2. The highest BCUT2D eigenvalue weighted by Gasteiger charge is 2.29. The predicted molar refractivity (Wildman–Crippen MR) is 69.5 cm³/mol. The van der Waals surface area contributed by atoms with Crippen LogP contribution in [0.4, 0.5) is 4.39 Å². The van der Waals surface area contributed by atoms with Crippen molar-refractivity contribution in [3.63, 3.8) is 0 Å². The molecule has 1 N–H and O–H groups in total. The number of nitrogens with one attached hydrogen (secondary N) is 1. The Hall–Kier alpha value is -1.46. The lowest BCUT2D eigenvalue weighted by Crippen LogP contribution is -2.21. The molecule has 19 heavy (non-hydrogen) atoms. The van der Waals surface area contributed by atoms with Crippen molar-refractivity contribution in [3.8, 4) is 11.4 Å². The maximum Gasteiger partial charge on any atom is 0.231 e. The summed E-state index contributed by atoms with van der Waals surface area (Å²) in [4.78, 5) is 4.38. The molecule has 6 heteroatoms. The molecule has 100 valence electrons. The van der Waals surface area contributed by atoms with Gasteiger partial charge in [-0.3, -0.25) is 0 Å². The lowest BCUT2D eigenvalue weighted by atomic mass is 10.0.